The zero-order valence-corrected chi connectivity index (χ0v) is 20.7. The molecule has 2 nitrogen and oxygen atoms in total. The molecule has 34 heavy (non-hydrogen) atoms. The maximum atomic E-state index is 13.6. The first-order valence-corrected chi connectivity index (χ1v) is 14.2. The highest BCUT2D eigenvalue weighted by atomic mass is 28.3. The predicted octanol–water partition coefficient (Wildman–Crippen LogP) is 6.78. The summed E-state index contributed by atoms with van der Waals surface area (Å²) in [7, 11) is -1.53. The van der Waals surface area contributed by atoms with Gasteiger partial charge in [-0.15, -0.1) is 0 Å². The Balaban J connectivity index is 1.59. The largest absolute Gasteiger partial charge is 0.453 e. The van der Waals surface area contributed by atoms with Gasteiger partial charge in [0.25, 0.3) is 0 Å². The standard InChI is InChI=1S/C31H28O2Si/c1-22(34(2)25-16-4-3-5-17-25)31(32)33-30(28-20-10-14-23-12-6-8-18-26(23)28)29-21-11-15-24-13-7-9-19-27(24)29/h3-22,30,34H,1-2H3/t22-,34+/m1/s1. The van der Waals surface area contributed by atoms with E-state index in [1.807, 2.05) is 49.4 Å². The van der Waals surface area contributed by atoms with Crippen molar-refractivity contribution in [1.29, 1.82) is 0 Å². The molecule has 0 saturated heterocycles. The minimum atomic E-state index is -1.53. The van der Waals surface area contributed by atoms with E-state index in [4.69, 9.17) is 4.74 Å². The van der Waals surface area contributed by atoms with Gasteiger partial charge in [-0.1, -0.05) is 134 Å². The molecule has 5 aromatic rings. The molecule has 3 heteroatoms. The van der Waals surface area contributed by atoms with Gasteiger partial charge in [0.15, 0.2) is 6.10 Å². The molecule has 0 heterocycles. The molecule has 168 valence electrons. The maximum Gasteiger partial charge on any atom is 0.306 e. The summed E-state index contributed by atoms with van der Waals surface area (Å²) < 4.78 is 6.44. The van der Waals surface area contributed by atoms with E-state index >= 15 is 0 Å². The maximum absolute atomic E-state index is 13.6. The summed E-state index contributed by atoms with van der Waals surface area (Å²) in [5.74, 6) is -0.131. The number of esters is 1. The summed E-state index contributed by atoms with van der Waals surface area (Å²) in [6.07, 6.45) is -0.482. The fraction of sp³-hybridized carbons (Fsp3) is 0.129. The molecular weight excluding hydrogens is 432 g/mol. The van der Waals surface area contributed by atoms with Gasteiger partial charge in [0, 0.05) is 16.7 Å². The molecule has 0 spiro atoms. The fourth-order valence-electron chi connectivity index (χ4n) is 4.73. The molecule has 5 rings (SSSR count). The van der Waals surface area contributed by atoms with Crippen LogP contribution >= 0.6 is 0 Å². The van der Waals surface area contributed by atoms with E-state index in [1.54, 1.807) is 0 Å². The quantitative estimate of drug-likeness (QED) is 0.206. The number of carbonyl (C=O) groups is 1. The zero-order valence-electron chi connectivity index (χ0n) is 19.5. The van der Waals surface area contributed by atoms with Gasteiger partial charge in [-0.05, 0) is 21.5 Å². The third-order valence-corrected chi connectivity index (χ3v) is 10.1. The number of fused-ring (bicyclic) bond motifs is 2. The Morgan fingerprint density at radius 3 is 1.68 bits per heavy atom. The second kappa shape index (κ2) is 9.66. The second-order valence-corrected chi connectivity index (χ2v) is 12.2. The van der Waals surface area contributed by atoms with Crippen molar-refractivity contribution in [2.24, 2.45) is 0 Å². The minimum Gasteiger partial charge on any atom is -0.453 e. The van der Waals surface area contributed by atoms with Crippen molar-refractivity contribution in [2.75, 3.05) is 0 Å². The molecule has 0 aliphatic carbocycles. The van der Waals surface area contributed by atoms with Crippen LogP contribution < -0.4 is 5.19 Å². The van der Waals surface area contributed by atoms with Crippen molar-refractivity contribution < 1.29 is 9.53 Å². The first-order valence-electron chi connectivity index (χ1n) is 11.8. The van der Waals surface area contributed by atoms with Crippen LogP contribution in [0.4, 0.5) is 0 Å². The first kappa shape index (κ1) is 22.1. The van der Waals surface area contributed by atoms with Crippen LogP contribution in [0.5, 0.6) is 0 Å². The number of hydrogen-bond donors (Lipinski definition) is 0. The summed E-state index contributed by atoms with van der Waals surface area (Å²) >= 11 is 0. The Morgan fingerprint density at radius 1 is 0.647 bits per heavy atom. The average molecular weight is 461 g/mol. The van der Waals surface area contributed by atoms with Crippen LogP contribution in [0.2, 0.25) is 12.1 Å². The summed E-state index contributed by atoms with van der Waals surface area (Å²) in [5, 5.41) is 5.77. The number of hydrogen-bond acceptors (Lipinski definition) is 2. The summed E-state index contributed by atoms with van der Waals surface area (Å²) in [6.45, 7) is 4.25. The lowest BCUT2D eigenvalue weighted by Gasteiger charge is -2.25. The van der Waals surface area contributed by atoms with Gasteiger partial charge < -0.3 is 4.74 Å². The molecule has 0 aromatic heterocycles. The number of benzene rings is 5. The van der Waals surface area contributed by atoms with Crippen LogP contribution in [0.25, 0.3) is 21.5 Å². The molecule has 0 N–H and O–H groups in total. The Labute approximate surface area is 202 Å². The number of rotatable bonds is 6. The normalized spacial score (nSPS) is 13.1. The minimum absolute atomic E-state index is 0.131. The highest BCUT2D eigenvalue weighted by molar-refractivity contribution is 6.76. The van der Waals surface area contributed by atoms with E-state index < -0.39 is 14.9 Å². The highest BCUT2D eigenvalue weighted by Gasteiger charge is 2.29. The van der Waals surface area contributed by atoms with Crippen LogP contribution in [0.3, 0.4) is 0 Å². The van der Waals surface area contributed by atoms with Crippen molar-refractivity contribution in [2.45, 2.75) is 25.1 Å². The van der Waals surface area contributed by atoms with Crippen LogP contribution in [0.15, 0.2) is 115 Å². The fourth-order valence-corrected chi connectivity index (χ4v) is 6.62. The van der Waals surface area contributed by atoms with Crippen LogP contribution in [-0.2, 0) is 9.53 Å². The molecular formula is C31H28O2Si. The smallest absolute Gasteiger partial charge is 0.306 e. The molecule has 0 radical (unpaired) electrons. The van der Waals surface area contributed by atoms with Crippen LogP contribution in [-0.4, -0.2) is 14.8 Å². The lowest BCUT2D eigenvalue weighted by molar-refractivity contribution is -0.147. The molecule has 0 aliphatic heterocycles. The van der Waals surface area contributed by atoms with Gasteiger partial charge >= 0.3 is 5.97 Å². The average Bonchev–Trinajstić information content (AvgIpc) is 2.90. The number of carbonyl (C=O) groups excluding carboxylic acids is 1. The van der Waals surface area contributed by atoms with Gasteiger partial charge in [0.05, 0.1) is 8.80 Å². The lowest BCUT2D eigenvalue weighted by Crippen LogP contribution is -2.35. The second-order valence-electron chi connectivity index (χ2n) is 8.94. The third-order valence-electron chi connectivity index (χ3n) is 6.89. The molecule has 0 fully saturated rings. The molecule has 0 amide bonds. The van der Waals surface area contributed by atoms with Gasteiger partial charge in [0.2, 0.25) is 0 Å². The van der Waals surface area contributed by atoms with Crippen molar-refractivity contribution in [1.82, 2.24) is 0 Å². The Hall–Kier alpha value is -3.69. The molecule has 5 aromatic carbocycles. The van der Waals surface area contributed by atoms with E-state index in [1.165, 1.54) is 5.19 Å². The van der Waals surface area contributed by atoms with Gasteiger partial charge in [-0.3, -0.25) is 4.79 Å². The Morgan fingerprint density at radius 2 is 1.12 bits per heavy atom. The molecule has 2 atom stereocenters. The van der Waals surface area contributed by atoms with Crippen molar-refractivity contribution >= 4 is 41.5 Å². The van der Waals surface area contributed by atoms with E-state index in [2.05, 4.69) is 79.3 Å². The first-order chi connectivity index (χ1) is 16.6. The van der Waals surface area contributed by atoms with E-state index in [0.717, 1.165) is 32.7 Å². The van der Waals surface area contributed by atoms with E-state index in [9.17, 15) is 4.79 Å². The number of ether oxygens (including phenoxy) is 1. The van der Waals surface area contributed by atoms with E-state index in [0.29, 0.717) is 0 Å². The van der Waals surface area contributed by atoms with E-state index in [-0.39, 0.29) is 11.5 Å². The molecule has 0 bridgehead atoms. The summed E-state index contributed by atoms with van der Waals surface area (Å²) in [5.41, 5.74) is 1.89. The lowest BCUT2D eigenvalue weighted by atomic mass is 9.92. The van der Waals surface area contributed by atoms with Crippen molar-refractivity contribution in [3.8, 4) is 0 Å². The third kappa shape index (κ3) is 4.27. The van der Waals surface area contributed by atoms with Crippen LogP contribution in [0, 0.1) is 0 Å². The predicted molar refractivity (Wildman–Crippen MR) is 144 cm³/mol. The van der Waals surface area contributed by atoms with Crippen molar-refractivity contribution in [3.05, 3.63) is 126 Å². The SMILES string of the molecule is C[C@H](C(=O)OC(c1cccc2ccccc12)c1cccc2ccccc12)[Si@H](C)c1ccccc1. The Kier molecular flexibility index (Phi) is 6.28. The molecule has 0 unspecified atom stereocenters. The molecule has 0 saturated carbocycles. The van der Waals surface area contributed by atoms with Gasteiger partial charge in [-0.2, -0.15) is 0 Å². The van der Waals surface area contributed by atoms with Gasteiger partial charge in [-0.25, -0.2) is 0 Å². The Bertz CT molecular complexity index is 1350. The summed E-state index contributed by atoms with van der Waals surface area (Å²) in [4.78, 5) is 13.6. The van der Waals surface area contributed by atoms with Crippen molar-refractivity contribution in [3.63, 3.8) is 0 Å². The zero-order chi connectivity index (χ0) is 23.5. The summed E-state index contributed by atoms with van der Waals surface area (Å²) in [6, 6.07) is 39.5. The molecule has 0 aliphatic rings. The highest BCUT2D eigenvalue weighted by Crippen LogP contribution is 2.36. The topological polar surface area (TPSA) is 26.3 Å². The monoisotopic (exact) mass is 460 g/mol. The van der Waals surface area contributed by atoms with Gasteiger partial charge in [0.1, 0.15) is 0 Å². The van der Waals surface area contributed by atoms with Crippen LogP contribution in [0.1, 0.15) is 24.2 Å².